The zero-order valence-corrected chi connectivity index (χ0v) is 8.19. The quantitative estimate of drug-likeness (QED) is 0.200. The monoisotopic (exact) mass is 186 g/mol. The molecular weight excluding hydrogens is 175 g/mol. The molecule has 0 aliphatic carbocycles. The van der Waals surface area contributed by atoms with Crippen LogP contribution in [-0.4, -0.2) is 31.9 Å². The SMILES string of the molecule is C=C(C)COCCS(=O)(=O)[O-].[Li+]. The van der Waals surface area contributed by atoms with Crippen molar-refractivity contribution >= 4 is 10.1 Å². The number of hydrogen-bond acceptors (Lipinski definition) is 4. The largest absolute Gasteiger partial charge is 1.00 e. The molecule has 6 heteroatoms. The zero-order chi connectivity index (χ0) is 8.91. The molecule has 0 aromatic heterocycles. The maximum atomic E-state index is 10.0. The van der Waals surface area contributed by atoms with Gasteiger partial charge in [0.25, 0.3) is 0 Å². The van der Waals surface area contributed by atoms with Gasteiger partial charge < -0.3 is 9.29 Å². The molecule has 0 saturated heterocycles. The number of ether oxygens (including phenoxy) is 1. The van der Waals surface area contributed by atoms with Crippen molar-refractivity contribution in [3.05, 3.63) is 12.2 Å². The maximum Gasteiger partial charge on any atom is 1.00 e. The van der Waals surface area contributed by atoms with Crippen LogP contribution < -0.4 is 18.9 Å². The Bertz CT molecular complexity index is 222. The van der Waals surface area contributed by atoms with Crippen molar-refractivity contribution in [1.82, 2.24) is 0 Å². The van der Waals surface area contributed by atoms with E-state index in [4.69, 9.17) is 4.74 Å². The van der Waals surface area contributed by atoms with E-state index < -0.39 is 15.9 Å². The van der Waals surface area contributed by atoms with Gasteiger partial charge in [-0.2, -0.15) is 0 Å². The molecule has 0 unspecified atom stereocenters. The van der Waals surface area contributed by atoms with Gasteiger partial charge in [-0.15, -0.1) is 0 Å². The third kappa shape index (κ3) is 12.8. The van der Waals surface area contributed by atoms with Crippen LogP contribution in [0.5, 0.6) is 0 Å². The Morgan fingerprint density at radius 1 is 1.58 bits per heavy atom. The minimum absolute atomic E-state index is 0. The van der Waals surface area contributed by atoms with Gasteiger partial charge in [0.1, 0.15) is 0 Å². The third-order valence-corrected chi connectivity index (χ3v) is 1.49. The van der Waals surface area contributed by atoms with Crippen molar-refractivity contribution in [3.63, 3.8) is 0 Å². The van der Waals surface area contributed by atoms with Crippen LogP contribution in [0.15, 0.2) is 12.2 Å². The van der Waals surface area contributed by atoms with Crippen molar-refractivity contribution in [2.45, 2.75) is 6.92 Å². The molecule has 0 aliphatic rings. The average molecular weight is 186 g/mol. The summed E-state index contributed by atoms with van der Waals surface area (Å²) in [4.78, 5) is 0. The second-order valence-corrected chi connectivity index (χ2v) is 3.80. The third-order valence-electron chi connectivity index (χ3n) is 0.826. The molecule has 0 radical (unpaired) electrons. The van der Waals surface area contributed by atoms with E-state index in [1.165, 1.54) is 0 Å². The molecule has 0 N–H and O–H groups in total. The minimum Gasteiger partial charge on any atom is -0.748 e. The molecule has 0 atom stereocenters. The molecule has 0 rings (SSSR count). The van der Waals surface area contributed by atoms with Crippen molar-refractivity contribution in [1.29, 1.82) is 0 Å². The number of hydrogen-bond donors (Lipinski definition) is 0. The van der Waals surface area contributed by atoms with Gasteiger partial charge in [0.15, 0.2) is 0 Å². The van der Waals surface area contributed by atoms with Crippen molar-refractivity contribution < 1.29 is 36.6 Å². The predicted octanol–water partition coefficient (Wildman–Crippen LogP) is -2.87. The van der Waals surface area contributed by atoms with E-state index in [0.717, 1.165) is 5.57 Å². The molecule has 0 heterocycles. The fraction of sp³-hybridized carbons (Fsp3) is 0.667. The molecule has 0 fully saturated rings. The normalized spacial score (nSPS) is 10.5. The summed E-state index contributed by atoms with van der Waals surface area (Å²) in [6, 6.07) is 0. The first kappa shape index (κ1) is 14.7. The second-order valence-electron chi connectivity index (χ2n) is 2.27. The fourth-order valence-electron chi connectivity index (χ4n) is 0.407. The van der Waals surface area contributed by atoms with E-state index in [-0.39, 0.29) is 25.5 Å². The van der Waals surface area contributed by atoms with Gasteiger partial charge in [0.2, 0.25) is 0 Å². The standard InChI is InChI=1S/C6H12O4S.Li/c1-6(2)5-10-3-4-11(7,8)9;/h1,3-5H2,2H3,(H,7,8,9);/q;+1/p-1. The minimum atomic E-state index is -4.13. The van der Waals surface area contributed by atoms with E-state index in [2.05, 4.69) is 6.58 Å². The topological polar surface area (TPSA) is 66.4 Å². The number of rotatable bonds is 5. The summed E-state index contributed by atoms with van der Waals surface area (Å²) in [5, 5.41) is 0. The first-order chi connectivity index (χ1) is 4.92. The summed E-state index contributed by atoms with van der Waals surface area (Å²) in [6.45, 7) is 5.54. The van der Waals surface area contributed by atoms with Gasteiger partial charge in [0, 0.05) is 0 Å². The van der Waals surface area contributed by atoms with Gasteiger partial charge in [-0.1, -0.05) is 12.2 Å². The van der Waals surface area contributed by atoms with Gasteiger partial charge in [-0.05, 0) is 6.92 Å². The van der Waals surface area contributed by atoms with E-state index >= 15 is 0 Å². The van der Waals surface area contributed by atoms with E-state index in [0.29, 0.717) is 6.61 Å². The molecule has 0 amide bonds. The summed E-state index contributed by atoms with van der Waals surface area (Å²) in [5.74, 6) is -0.472. The average Bonchev–Trinajstić information content (AvgIpc) is 1.78. The molecule has 4 nitrogen and oxygen atoms in total. The second kappa shape index (κ2) is 6.69. The van der Waals surface area contributed by atoms with Crippen LogP contribution >= 0.6 is 0 Å². The van der Waals surface area contributed by atoms with Crippen LogP contribution in [0.2, 0.25) is 0 Å². The summed E-state index contributed by atoms with van der Waals surface area (Å²) >= 11 is 0. The van der Waals surface area contributed by atoms with E-state index in [9.17, 15) is 13.0 Å². The van der Waals surface area contributed by atoms with E-state index in [1.54, 1.807) is 6.92 Å². The summed E-state index contributed by atoms with van der Waals surface area (Å²) in [5.41, 5.74) is 0.799. The molecule has 12 heavy (non-hydrogen) atoms. The first-order valence-electron chi connectivity index (χ1n) is 3.07. The molecule has 0 saturated carbocycles. The molecule has 0 aromatic carbocycles. The Hall–Kier alpha value is 0.207. The Kier molecular flexibility index (Phi) is 8.21. The predicted molar refractivity (Wildman–Crippen MR) is 40.2 cm³/mol. The molecule has 0 bridgehead atoms. The molecule has 66 valence electrons. The van der Waals surface area contributed by atoms with Crippen molar-refractivity contribution in [2.24, 2.45) is 0 Å². The van der Waals surface area contributed by atoms with Gasteiger partial charge in [-0.3, -0.25) is 0 Å². The van der Waals surface area contributed by atoms with Gasteiger partial charge >= 0.3 is 18.9 Å². The first-order valence-corrected chi connectivity index (χ1v) is 4.65. The van der Waals surface area contributed by atoms with Crippen LogP contribution in [0.25, 0.3) is 0 Å². The van der Waals surface area contributed by atoms with Crippen LogP contribution in [0.3, 0.4) is 0 Å². The van der Waals surface area contributed by atoms with Gasteiger partial charge in [-0.25, -0.2) is 8.42 Å². The fourth-order valence-corrected chi connectivity index (χ4v) is 0.729. The van der Waals surface area contributed by atoms with Crippen molar-refractivity contribution in [2.75, 3.05) is 19.0 Å². The van der Waals surface area contributed by atoms with Crippen LogP contribution in [0.1, 0.15) is 6.92 Å². The van der Waals surface area contributed by atoms with Crippen LogP contribution in [-0.2, 0) is 14.9 Å². The summed E-state index contributed by atoms with van der Waals surface area (Å²) in [7, 11) is -4.13. The Labute approximate surface area is 84.9 Å². The summed E-state index contributed by atoms with van der Waals surface area (Å²) < 4.78 is 34.8. The Morgan fingerprint density at radius 3 is 2.42 bits per heavy atom. The Morgan fingerprint density at radius 2 is 2.08 bits per heavy atom. The maximum absolute atomic E-state index is 10.0. The van der Waals surface area contributed by atoms with Gasteiger partial charge in [0.05, 0.1) is 29.1 Å². The van der Waals surface area contributed by atoms with E-state index in [1.807, 2.05) is 0 Å². The molecule has 0 aliphatic heterocycles. The Balaban J connectivity index is 0. The van der Waals surface area contributed by atoms with Crippen LogP contribution in [0, 0.1) is 0 Å². The molecular formula is C6H11LiO4S. The smallest absolute Gasteiger partial charge is 0.748 e. The van der Waals surface area contributed by atoms with Crippen molar-refractivity contribution in [3.8, 4) is 0 Å². The molecule has 0 aromatic rings. The zero-order valence-electron chi connectivity index (χ0n) is 7.37. The molecule has 0 spiro atoms. The summed E-state index contributed by atoms with van der Waals surface area (Å²) in [6.07, 6.45) is 0. The van der Waals surface area contributed by atoms with Crippen LogP contribution in [0.4, 0.5) is 0 Å².